The summed E-state index contributed by atoms with van der Waals surface area (Å²) in [6, 6.07) is 7.22. The molecule has 0 bridgehead atoms. The van der Waals surface area contributed by atoms with Crippen LogP contribution in [-0.4, -0.2) is 19.5 Å². The molecule has 22 heavy (non-hydrogen) atoms. The lowest BCUT2D eigenvalue weighted by molar-refractivity contribution is 0.0696. The second-order valence-electron chi connectivity index (χ2n) is 4.46. The molecule has 2 rings (SSSR count). The molecule has 2 aromatic rings. The van der Waals surface area contributed by atoms with E-state index >= 15 is 0 Å². The highest BCUT2D eigenvalue weighted by Crippen LogP contribution is 2.24. The number of halogens is 2. The standard InChI is InChI=1S/C14H11ClFNO4S/c1-8-10(14(18)19)3-2-4-13(8)17-22(20,21)9-5-6-12(16)11(15)7-9/h2-7,17H,1H3,(H,18,19). The lowest BCUT2D eigenvalue weighted by atomic mass is 10.1. The summed E-state index contributed by atoms with van der Waals surface area (Å²) >= 11 is 5.58. The van der Waals surface area contributed by atoms with Crippen molar-refractivity contribution in [2.45, 2.75) is 11.8 Å². The Labute approximate surface area is 131 Å². The van der Waals surface area contributed by atoms with E-state index in [0.717, 1.165) is 18.2 Å². The van der Waals surface area contributed by atoms with Crippen LogP contribution in [0.4, 0.5) is 10.1 Å². The summed E-state index contributed by atoms with van der Waals surface area (Å²) in [4.78, 5) is 10.8. The molecule has 2 aromatic carbocycles. The van der Waals surface area contributed by atoms with Gasteiger partial charge >= 0.3 is 5.97 Å². The van der Waals surface area contributed by atoms with Gasteiger partial charge in [-0.3, -0.25) is 4.72 Å². The predicted octanol–water partition coefficient (Wildman–Crippen LogP) is 3.29. The fourth-order valence-electron chi connectivity index (χ4n) is 1.83. The molecule has 0 aliphatic carbocycles. The van der Waals surface area contributed by atoms with Gasteiger partial charge in [-0.2, -0.15) is 0 Å². The zero-order chi connectivity index (χ0) is 16.5. The third-order valence-corrected chi connectivity index (χ3v) is 4.66. The van der Waals surface area contributed by atoms with Gasteiger partial charge < -0.3 is 5.11 Å². The first-order chi connectivity index (χ1) is 10.2. The van der Waals surface area contributed by atoms with Crippen molar-refractivity contribution in [3.63, 3.8) is 0 Å². The van der Waals surface area contributed by atoms with Crippen LogP contribution < -0.4 is 4.72 Å². The van der Waals surface area contributed by atoms with Gasteiger partial charge in [-0.25, -0.2) is 17.6 Å². The highest BCUT2D eigenvalue weighted by molar-refractivity contribution is 7.92. The molecular weight excluding hydrogens is 333 g/mol. The van der Waals surface area contributed by atoms with Crippen LogP contribution in [0, 0.1) is 12.7 Å². The van der Waals surface area contributed by atoms with Crippen LogP contribution in [0.15, 0.2) is 41.3 Å². The summed E-state index contributed by atoms with van der Waals surface area (Å²) in [5.41, 5.74) is 0.379. The Morgan fingerprint density at radius 1 is 1.27 bits per heavy atom. The number of aromatic carboxylic acids is 1. The minimum absolute atomic E-state index is 0.0164. The van der Waals surface area contributed by atoms with Crippen LogP contribution in [0.1, 0.15) is 15.9 Å². The molecule has 0 radical (unpaired) electrons. The van der Waals surface area contributed by atoms with Crippen LogP contribution in [0.2, 0.25) is 5.02 Å². The number of sulfonamides is 1. The summed E-state index contributed by atoms with van der Waals surface area (Å²) in [6.45, 7) is 1.49. The fourth-order valence-corrected chi connectivity index (χ4v) is 3.22. The second-order valence-corrected chi connectivity index (χ2v) is 6.55. The SMILES string of the molecule is Cc1c(NS(=O)(=O)c2ccc(F)c(Cl)c2)cccc1C(=O)O. The Kier molecular flexibility index (Phi) is 4.39. The second kappa shape index (κ2) is 5.94. The Bertz CT molecular complexity index is 852. The molecule has 2 N–H and O–H groups in total. The molecule has 0 aliphatic heterocycles. The number of carboxylic acid groups (broad SMARTS) is 1. The van der Waals surface area contributed by atoms with Crippen LogP contribution in [0.3, 0.4) is 0 Å². The zero-order valence-electron chi connectivity index (χ0n) is 11.3. The molecule has 8 heteroatoms. The van der Waals surface area contributed by atoms with E-state index in [1.165, 1.54) is 25.1 Å². The molecule has 0 aliphatic rings. The Hall–Kier alpha value is -2.12. The molecule has 116 valence electrons. The average Bonchev–Trinajstić information content (AvgIpc) is 2.43. The van der Waals surface area contributed by atoms with E-state index < -0.39 is 21.8 Å². The first-order valence-corrected chi connectivity index (χ1v) is 7.89. The molecular formula is C14H11ClFNO4S. The van der Waals surface area contributed by atoms with Crippen LogP contribution >= 0.6 is 11.6 Å². The normalized spacial score (nSPS) is 11.2. The lowest BCUT2D eigenvalue weighted by Gasteiger charge is -2.12. The summed E-state index contributed by atoms with van der Waals surface area (Å²) in [7, 11) is -4.01. The van der Waals surface area contributed by atoms with Gasteiger partial charge in [-0.15, -0.1) is 0 Å². The highest BCUT2D eigenvalue weighted by Gasteiger charge is 2.18. The van der Waals surface area contributed by atoms with E-state index in [0.29, 0.717) is 0 Å². The maximum Gasteiger partial charge on any atom is 0.336 e. The Morgan fingerprint density at radius 2 is 1.95 bits per heavy atom. The van der Waals surface area contributed by atoms with E-state index in [1.54, 1.807) is 0 Å². The van der Waals surface area contributed by atoms with Crippen molar-refractivity contribution in [3.05, 3.63) is 58.4 Å². The van der Waals surface area contributed by atoms with Crippen molar-refractivity contribution in [1.29, 1.82) is 0 Å². The molecule has 0 amide bonds. The van der Waals surface area contributed by atoms with Gasteiger partial charge in [0.1, 0.15) is 5.82 Å². The van der Waals surface area contributed by atoms with E-state index in [-0.39, 0.29) is 26.7 Å². The fraction of sp³-hybridized carbons (Fsp3) is 0.0714. The summed E-state index contributed by atoms with van der Waals surface area (Å²) < 4.78 is 39.9. The number of hydrogen-bond donors (Lipinski definition) is 2. The quantitative estimate of drug-likeness (QED) is 0.892. The molecule has 0 saturated heterocycles. The third-order valence-electron chi connectivity index (χ3n) is 3.01. The van der Waals surface area contributed by atoms with E-state index in [1.807, 2.05) is 0 Å². The number of carboxylic acids is 1. The van der Waals surface area contributed by atoms with Gasteiger partial charge in [0.25, 0.3) is 10.0 Å². The average molecular weight is 344 g/mol. The molecule has 0 aromatic heterocycles. The topological polar surface area (TPSA) is 83.5 Å². The van der Waals surface area contributed by atoms with Crippen LogP contribution in [0.5, 0.6) is 0 Å². The van der Waals surface area contributed by atoms with Gasteiger partial charge in [-0.1, -0.05) is 17.7 Å². The predicted molar refractivity (Wildman–Crippen MR) is 80.4 cm³/mol. The van der Waals surface area contributed by atoms with Gasteiger partial charge in [0.15, 0.2) is 0 Å². The number of benzene rings is 2. The molecule has 0 heterocycles. The van der Waals surface area contributed by atoms with Crippen LogP contribution in [-0.2, 0) is 10.0 Å². The van der Waals surface area contributed by atoms with E-state index in [9.17, 15) is 17.6 Å². The molecule has 0 saturated carbocycles. The van der Waals surface area contributed by atoms with Gasteiger partial charge in [0.2, 0.25) is 0 Å². The monoisotopic (exact) mass is 343 g/mol. The maximum absolute atomic E-state index is 13.1. The largest absolute Gasteiger partial charge is 0.478 e. The van der Waals surface area contributed by atoms with Crippen molar-refractivity contribution < 1.29 is 22.7 Å². The highest BCUT2D eigenvalue weighted by atomic mass is 35.5. The number of carbonyl (C=O) groups is 1. The maximum atomic E-state index is 13.1. The van der Waals surface area contributed by atoms with Crippen molar-refractivity contribution in [3.8, 4) is 0 Å². The van der Waals surface area contributed by atoms with E-state index in [2.05, 4.69) is 4.72 Å². The first kappa shape index (κ1) is 16.3. The minimum atomic E-state index is -4.01. The van der Waals surface area contributed by atoms with Crippen LogP contribution in [0.25, 0.3) is 0 Å². The summed E-state index contributed by atoms with van der Waals surface area (Å²) in [5.74, 6) is -1.90. The molecule has 0 atom stereocenters. The lowest BCUT2D eigenvalue weighted by Crippen LogP contribution is -2.15. The van der Waals surface area contributed by atoms with Gasteiger partial charge in [0.05, 0.1) is 21.2 Å². The zero-order valence-corrected chi connectivity index (χ0v) is 12.9. The first-order valence-electron chi connectivity index (χ1n) is 6.03. The summed E-state index contributed by atoms with van der Waals surface area (Å²) in [6.07, 6.45) is 0. The molecule has 0 spiro atoms. The van der Waals surface area contributed by atoms with Gasteiger partial charge in [0, 0.05) is 0 Å². The smallest absolute Gasteiger partial charge is 0.336 e. The minimum Gasteiger partial charge on any atom is -0.478 e. The number of nitrogens with one attached hydrogen (secondary N) is 1. The molecule has 0 unspecified atom stereocenters. The Morgan fingerprint density at radius 3 is 2.55 bits per heavy atom. The van der Waals surface area contributed by atoms with Crippen molar-refractivity contribution in [1.82, 2.24) is 0 Å². The van der Waals surface area contributed by atoms with E-state index in [4.69, 9.17) is 16.7 Å². The number of rotatable bonds is 4. The Balaban J connectivity index is 2.43. The van der Waals surface area contributed by atoms with Gasteiger partial charge in [-0.05, 0) is 42.8 Å². The summed E-state index contributed by atoms with van der Waals surface area (Å²) in [5, 5.41) is 8.72. The van der Waals surface area contributed by atoms with Crippen molar-refractivity contribution >= 4 is 33.3 Å². The third kappa shape index (κ3) is 3.20. The molecule has 5 nitrogen and oxygen atoms in total. The van der Waals surface area contributed by atoms with Crippen molar-refractivity contribution in [2.24, 2.45) is 0 Å². The van der Waals surface area contributed by atoms with Crippen molar-refractivity contribution in [2.75, 3.05) is 4.72 Å². The number of anilines is 1. The number of hydrogen-bond acceptors (Lipinski definition) is 3. The molecule has 0 fully saturated rings.